The molecule has 2 aromatic rings. The molecule has 3 heterocycles. The van der Waals surface area contributed by atoms with Crippen molar-refractivity contribution >= 4 is 11.7 Å². The molecule has 5 nitrogen and oxygen atoms in total. The van der Waals surface area contributed by atoms with Gasteiger partial charge in [0.25, 0.3) is 5.91 Å². The molecule has 4 rings (SSSR count). The fourth-order valence-corrected chi connectivity index (χ4v) is 4.06. The Morgan fingerprint density at radius 1 is 1.10 bits per heavy atom. The molecule has 0 radical (unpaired) electrons. The van der Waals surface area contributed by atoms with Gasteiger partial charge in [0.2, 0.25) is 0 Å². The minimum Gasteiger partial charge on any atom is -0.356 e. The predicted octanol–water partition coefficient (Wildman–Crippen LogP) is 4.96. The Bertz CT molecular complexity index is 908. The van der Waals surface area contributed by atoms with Crippen molar-refractivity contribution < 1.29 is 18.0 Å². The van der Waals surface area contributed by atoms with Crippen LogP contribution in [0.15, 0.2) is 30.6 Å². The lowest BCUT2D eigenvalue weighted by Gasteiger charge is -2.32. The van der Waals surface area contributed by atoms with Gasteiger partial charge in [0, 0.05) is 32.2 Å². The number of hydrogen-bond donors (Lipinski definition) is 0. The monoisotopic (exact) mass is 434 g/mol. The summed E-state index contributed by atoms with van der Waals surface area (Å²) in [7, 11) is 0. The zero-order chi connectivity index (χ0) is 22.6. The molecule has 8 heteroatoms. The Morgan fingerprint density at radius 3 is 2.48 bits per heavy atom. The molecule has 2 aliphatic heterocycles. The molecule has 1 saturated heterocycles. The van der Waals surface area contributed by atoms with Crippen molar-refractivity contribution in [3.8, 4) is 0 Å². The minimum atomic E-state index is -4.44. The Labute approximate surface area is 181 Å². The minimum absolute atomic E-state index is 0.0651. The van der Waals surface area contributed by atoms with Gasteiger partial charge in [0.1, 0.15) is 17.8 Å². The van der Waals surface area contributed by atoms with Crippen LogP contribution in [0, 0.1) is 5.92 Å². The van der Waals surface area contributed by atoms with Crippen LogP contribution >= 0.6 is 0 Å². The van der Waals surface area contributed by atoms with E-state index in [4.69, 9.17) is 0 Å². The van der Waals surface area contributed by atoms with Crippen LogP contribution in [0.2, 0.25) is 0 Å². The zero-order valence-corrected chi connectivity index (χ0v) is 18.2. The van der Waals surface area contributed by atoms with Crippen LogP contribution < -0.4 is 4.90 Å². The number of carbonyl (C=O) groups excluding carboxylic acids is 1. The average Bonchev–Trinajstić information content (AvgIpc) is 2.79. The van der Waals surface area contributed by atoms with Crippen molar-refractivity contribution in [2.75, 3.05) is 24.5 Å². The fraction of sp³-hybridized carbons (Fsp3) is 0.522. The van der Waals surface area contributed by atoms with Gasteiger partial charge >= 0.3 is 6.18 Å². The van der Waals surface area contributed by atoms with Crippen molar-refractivity contribution in [3.05, 3.63) is 53.0 Å². The number of halogens is 3. The Kier molecular flexibility index (Phi) is 7.18. The highest BCUT2D eigenvalue weighted by molar-refractivity contribution is 5.93. The average molecular weight is 435 g/mol. The van der Waals surface area contributed by atoms with Gasteiger partial charge in [-0.05, 0) is 42.4 Å². The van der Waals surface area contributed by atoms with E-state index in [1.54, 1.807) is 12.1 Å². The number of aromatic nitrogens is 2. The number of piperidine rings is 1. The van der Waals surface area contributed by atoms with Crippen molar-refractivity contribution in [1.29, 1.82) is 0 Å². The molecule has 1 aromatic heterocycles. The zero-order valence-electron chi connectivity index (χ0n) is 18.2. The third-order valence-corrected chi connectivity index (χ3v) is 5.85. The van der Waals surface area contributed by atoms with E-state index in [1.165, 1.54) is 17.3 Å². The fourth-order valence-electron chi connectivity index (χ4n) is 4.06. The third kappa shape index (κ3) is 5.17. The smallest absolute Gasteiger partial charge is 0.356 e. The molecule has 0 unspecified atom stereocenters. The van der Waals surface area contributed by atoms with Crippen LogP contribution in [0.4, 0.5) is 19.0 Å². The summed E-state index contributed by atoms with van der Waals surface area (Å²) in [5.74, 6) is 1.01. The lowest BCUT2D eigenvalue weighted by Crippen LogP contribution is -2.38. The highest BCUT2D eigenvalue weighted by atomic mass is 19.4. The molecule has 0 spiro atoms. The molecule has 0 bridgehead atoms. The molecule has 1 amide bonds. The molecule has 0 N–H and O–H groups in total. The van der Waals surface area contributed by atoms with Gasteiger partial charge in [-0.3, -0.25) is 4.79 Å². The maximum absolute atomic E-state index is 13.4. The maximum atomic E-state index is 13.4. The maximum Gasteiger partial charge on any atom is 0.416 e. The first-order valence-electron chi connectivity index (χ1n) is 10.9. The molecule has 31 heavy (non-hydrogen) atoms. The SMILES string of the molecule is CC.CC1CCN(c2cc(C(=O)N3CCc4cccc(C(F)(F)F)c4C3)ncn2)CC1. The van der Waals surface area contributed by atoms with E-state index >= 15 is 0 Å². The number of hydrogen-bond acceptors (Lipinski definition) is 4. The summed E-state index contributed by atoms with van der Waals surface area (Å²) in [4.78, 5) is 25.0. The first kappa shape index (κ1) is 23.0. The van der Waals surface area contributed by atoms with Gasteiger partial charge in [0.05, 0.1) is 5.56 Å². The second-order valence-corrected chi connectivity index (χ2v) is 7.85. The van der Waals surface area contributed by atoms with E-state index in [0.29, 0.717) is 30.3 Å². The van der Waals surface area contributed by atoms with Crippen LogP contribution in [-0.2, 0) is 19.1 Å². The van der Waals surface area contributed by atoms with Gasteiger partial charge in [-0.1, -0.05) is 32.9 Å². The van der Waals surface area contributed by atoms with Crippen LogP contribution in [-0.4, -0.2) is 40.4 Å². The van der Waals surface area contributed by atoms with E-state index in [2.05, 4.69) is 21.8 Å². The van der Waals surface area contributed by atoms with Crippen LogP contribution in [0.25, 0.3) is 0 Å². The molecule has 2 aliphatic rings. The van der Waals surface area contributed by atoms with Crippen molar-refractivity contribution in [1.82, 2.24) is 14.9 Å². The lowest BCUT2D eigenvalue weighted by atomic mass is 9.94. The van der Waals surface area contributed by atoms with Crippen LogP contribution in [0.1, 0.15) is 60.8 Å². The summed E-state index contributed by atoms with van der Waals surface area (Å²) in [6, 6.07) is 5.86. The molecule has 0 aliphatic carbocycles. The molecule has 1 aromatic carbocycles. The van der Waals surface area contributed by atoms with E-state index in [9.17, 15) is 18.0 Å². The lowest BCUT2D eigenvalue weighted by molar-refractivity contribution is -0.138. The van der Waals surface area contributed by atoms with Crippen LogP contribution in [0.3, 0.4) is 0 Å². The standard InChI is InChI=1S/C21H23F3N4O.C2H6/c1-14-5-8-27(9-6-14)19-11-18(25-13-26-19)20(29)28-10-7-15-3-2-4-17(16(15)12-28)21(22,23)24;1-2/h2-4,11,13-14H,5-10,12H2,1H3;1-2H3. The summed E-state index contributed by atoms with van der Waals surface area (Å²) in [5.41, 5.74) is 0.383. The van der Waals surface area contributed by atoms with Gasteiger partial charge in [-0.2, -0.15) is 13.2 Å². The number of nitrogens with zero attached hydrogens (tertiary/aromatic N) is 4. The first-order chi connectivity index (χ1) is 14.8. The molecular weight excluding hydrogens is 405 g/mol. The molecule has 168 valence electrons. The van der Waals surface area contributed by atoms with Gasteiger partial charge in [-0.15, -0.1) is 0 Å². The first-order valence-corrected chi connectivity index (χ1v) is 10.9. The van der Waals surface area contributed by atoms with E-state index < -0.39 is 11.7 Å². The van der Waals surface area contributed by atoms with Crippen molar-refractivity contribution in [2.45, 2.75) is 52.8 Å². The number of anilines is 1. The number of fused-ring (bicyclic) bond motifs is 1. The Morgan fingerprint density at radius 2 is 1.81 bits per heavy atom. The predicted molar refractivity (Wildman–Crippen MR) is 114 cm³/mol. The Balaban J connectivity index is 0.00000132. The second kappa shape index (κ2) is 9.66. The summed E-state index contributed by atoms with van der Waals surface area (Å²) in [6.07, 6.45) is -0.551. The number of rotatable bonds is 2. The number of benzene rings is 1. The molecule has 0 saturated carbocycles. The van der Waals surface area contributed by atoms with Crippen LogP contribution in [0.5, 0.6) is 0 Å². The molecular formula is C23H29F3N4O. The molecule has 1 fully saturated rings. The number of amides is 1. The van der Waals surface area contributed by atoms with Gasteiger partial charge < -0.3 is 9.80 Å². The van der Waals surface area contributed by atoms with E-state index in [-0.39, 0.29) is 23.7 Å². The van der Waals surface area contributed by atoms with Crippen molar-refractivity contribution in [3.63, 3.8) is 0 Å². The third-order valence-electron chi connectivity index (χ3n) is 5.85. The highest BCUT2D eigenvalue weighted by Gasteiger charge is 2.36. The Hall–Kier alpha value is -2.64. The number of carbonyl (C=O) groups is 1. The summed E-state index contributed by atoms with van der Waals surface area (Å²) in [6.45, 7) is 8.27. The highest BCUT2D eigenvalue weighted by Crippen LogP contribution is 2.36. The van der Waals surface area contributed by atoms with Crippen molar-refractivity contribution in [2.24, 2.45) is 5.92 Å². The van der Waals surface area contributed by atoms with E-state index in [1.807, 2.05) is 13.8 Å². The summed E-state index contributed by atoms with van der Waals surface area (Å²) < 4.78 is 40.2. The summed E-state index contributed by atoms with van der Waals surface area (Å²) >= 11 is 0. The van der Waals surface area contributed by atoms with E-state index in [0.717, 1.165) is 32.0 Å². The molecule has 0 atom stereocenters. The van der Waals surface area contributed by atoms with Gasteiger partial charge in [0.15, 0.2) is 0 Å². The largest absolute Gasteiger partial charge is 0.416 e. The van der Waals surface area contributed by atoms with Gasteiger partial charge in [-0.25, -0.2) is 9.97 Å². The number of alkyl halides is 3. The second-order valence-electron chi connectivity index (χ2n) is 7.85. The summed E-state index contributed by atoms with van der Waals surface area (Å²) in [5, 5.41) is 0. The topological polar surface area (TPSA) is 49.3 Å². The normalized spacial score (nSPS) is 17.0. The quantitative estimate of drug-likeness (QED) is 0.671.